The highest BCUT2D eigenvalue weighted by Crippen LogP contribution is 2.27. The molecule has 0 fully saturated rings. The van der Waals surface area contributed by atoms with Gasteiger partial charge in [-0.1, -0.05) is 12.6 Å². The van der Waals surface area contributed by atoms with E-state index in [2.05, 4.69) is 6.58 Å². The van der Waals surface area contributed by atoms with Crippen molar-refractivity contribution in [2.24, 2.45) is 0 Å². The Bertz CT molecular complexity index is 307. The number of aromatic hydroxyl groups is 2. The molecule has 1 aromatic rings. The SMILES string of the molecule is C=C(CCl)c1ccc(O)c(O)c1. The molecule has 0 unspecified atom stereocenters. The van der Waals surface area contributed by atoms with Crippen molar-refractivity contribution in [1.82, 2.24) is 0 Å². The molecule has 0 aliphatic heterocycles. The van der Waals surface area contributed by atoms with Crippen LogP contribution >= 0.6 is 11.6 Å². The zero-order valence-electron chi connectivity index (χ0n) is 6.42. The summed E-state index contributed by atoms with van der Waals surface area (Å²) in [6, 6.07) is 4.49. The maximum absolute atomic E-state index is 9.11. The largest absolute Gasteiger partial charge is 0.504 e. The lowest BCUT2D eigenvalue weighted by atomic mass is 10.1. The Morgan fingerprint density at radius 3 is 2.50 bits per heavy atom. The summed E-state index contributed by atoms with van der Waals surface area (Å²) in [7, 11) is 0. The van der Waals surface area contributed by atoms with E-state index in [1.807, 2.05) is 0 Å². The molecule has 0 aliphatic rings. The highest BCUT2D eigenvalue weighted by molar-refractivity contribution is 6.23. The van der Waals surface area contributed by atoms with Crippen LogP contribution in [0.25, 0.3) is 5.57 Å². The molecular formula is C9H9ClO2. The Labute approximate surface area is 75.7 Å². The summed E-state index contributed by atoms with van der Waals surface area (Å²) in [5.74, 6) is 0.0180. The summed E-state index contributed by atoms with van der Waals surface area (Å²) in [5.41, 5.74) is 1.45. The first-order chi connectivity index (χ1) is 5.65. The Kier molecular flexibility index (Phi) is 2.61. The quantitative estimate of drug-likeness (QED) is 0.547. The Hall–Kier alpha value is -1.15. The maximum atomic E-state index is 9.11. The number of hydrogen-bond acceptors (Lipinski definition) is 2. The number of rotatable bonds is 2. The number of halogens is 1. The van der Waals surface area contributed by atoms with Crippen LogP contribution < -0.4 is 0 Å². The van der Waals surface area contributed by atoms with Crippen molar-refractivity contribution in [2.45, 2.75) is 0 Å². The van der Waals surface area contributed by atoms with E-state index < -0.39 is 0 Å². The summed E-state index contributed by atoms with van der Waals surface area (Å²) < 4.78 is 0. The van der Waals surface area contributed by atoms with Crippen LogP contribution in [0.2, 0.25) is 0 Å². The summed E-state index contributed by atoms with van der Waals surface area (Å²) in [6.45, 7) is 3.69. The fraction of sp³-hybridized carbons (Fsp3) is 0.111. The van der Waals surface area contributed by atoms with Gasteiger partial charge in [-0.2, -0.15) is 0 Å². The second kappa shape index (κ2) is 3.50. The van der Waals surface area contributed by atoms with Gasteiger partial charge in [0.05, 0.1) is 0 Å². The highest BCUT2D eigenvalue weighted by atomic mass is 35.5. The third-order valence-corrected chi connectivity index (χ3v) is 1.87. The number of phenolic OH excluding ortho intramolecular Hbond substituents is 2. The first-order valence-electron chi connectivity index (χ1n) is 3.41. The van der Waals surface area contributed by atoms with E-state index in [4.69, 9.17) is 21.8 Å². The van der Waals surface area contributed by atoms with Gasteiger partial charge in [0.2, 0.25) is 0 Å². The van der Waals surface area contributed by atoms with Gasteiger partial charge in [0.25, 0.3) is 0 Å². The van der Waals surface area contributed by atoms with Crippen LogP contribution in [0.15, 0.2) is 24.8 Å². The van der Waals surface area contributed by atoms with Crippen LogP contribution in [0.1, 0.15) is 5.56 Å². The third kappa shape index (κ3) is 1.71. The molecular weight excluding hydrogens is 176 g/mol. The topological polar surface area (TPSA) is 40.5 Å². The minimum Gasteiger partial charge on any atom is -0.504 e. The van der Waals surface area contributed by atoms with Crippen molar-refractivity contribution < 1.29 is 10.2 Å². The molecule has 1 rings (SSSR count). The van der Waals surface area contributed by atoms with E-state index in [0.717, 1.165) is 5.56 Å². The van der Waals surface area contributed by atoms with Gasteiger partial charge < -0.3 is 10.2 Å². The minimum absolute atomic E-state index is 0.138. The third-order valence-electron chi connectivity index (χ3n) is 1.54. The van der Waals surface area contributed by atoms with Crippen LogP contribution in [0.3, 0.4) is 0 Å². The van der Waals surface area contributed by atoms with E-state index in [1.165, 1.54) is 12.1 Å². The zero-order chi connectivity index (χ0) is 9.14. The second-order valence-electron chi connectivity index (χ2n) is 2.44. The molecule has 0 radical (unpaired) electrons. The molecule has 0 saturated carbocycles. The van der Waals surface area contributed by atoms with Gasteiger partial charge in [0, 0.05) is 5.88 Å². The standard InChI is InChI=1S/C9H9ClO2/c1-6(5-10)7-2-3-8(11)9(12)4-7/h2-4,11-12H,1,5H2. The van der Waals surface area contributed by atoms with Crippen molar-refractivity contribution in [3.8, 4) is 11.5 Å². The van der Waals surface area contributed by atoms with Gasteiger partial charge in [-0.3, -0.25) is 0 Å². The fourth-order valence-corrected chi connectivity index (χ4v) is 0.975. The number of phenols is 2. The summed E-state index contributed by atoms with van der Waals surface area (Å²) in [5, 5.41) is 18.1. The molecule has 12 heavy (non-hydrogen) atoms. The van der Waals surface area contributed by atoms with Gasteiger partial charge in [-0.05, 0) is 23.3 Å². The molecule has 0 atom stereocenters. The predicted molar refractivity (Wildman–Crippen MR) is 49.5 cm³/mol. The summed E-state index contributed by atoms with van der Waals surface area (Å²) in [4.78, 5) is 0. The number of hydrogen-bond donors (Lipinski definition) is 2. The van der Waals surface area contributed by atoms with E-state index in [0.29, 0.717) is 11.5 Å². The van der Waals surface area contributed by atoms with Crippen LogP contribution in [0, 0.1) is 0 Å². The van der Waals surface area contributed by atoms with Crippen LogP contribution in [0.4, 0.5) is 0 Å². The average molecular weight is 185 g/mol. The molecule has 1 aromatic carbocycles. The van der Waals surface area contributed by atoms with Crippen molar-refractivity contribution >= 4 is 17.2 Å². The molecule has 3 heteroatoms. The number of alkyl halides is 1. The molecule has 0 bridgehead atoms. The fourth-order valence-electron chi connectivity index (χ4n) is 0.821. The first-order valence-corrected chi connectivity index (χ1v) is 3.94. The molecule has 64 valence electrons. The lowest BCUT2D eigenvalue weighted by Crippen LogP contribution is -1.82. The van der Waals surface area contributed by atoms with Gasteiger partial charge in [0.15, 0.2) is 11.5 Å². The lowest BCUT2D eigenvalue weighted by Gasteiger charge is -2.03. The molecule has 0 aliphatic carbocycles. The van der Waals surface area contributed by atoms with Gasteiger partial charge in [-0.15, -0.1) is 11.6 Å². The summed E-state index contributed by atoms with van der Waals surface area (Å²) in [6.07, 6.45) is 0. The molecule has 0 amide bonds. The van der Waals surface area contributed by atoms with Crippen molar-refractivity contribution in [3.05, 3.63) is 30.3 Å². The van der Waals surface area contributed by atoms with Crippen LogP contribution in [-0.2, 0) is 0 Å². The summed E-state index contributed by atoms with van der Waals surface area (Å²) >= 11 is 5.53. The van der Waals surface area contributed by atoms with Crippen molar-refractivity contribution in [1.29, 1.82) is 0 Å². The molecule has 0 aromatic heterocycles. The Morgan fingerprint density at radius 2 is 2.00 bits per heavy atom. The molecule has 2 nitrogen and oxygen atoms in total. The Balaban J connectivity index is 3.05. The monoisotopic (exact) mass is 184 g/mol. The lowest BCUT2D eigenvalue weighted by molar-refractivity contribution is 0.403. The van der Waals surface area contributed by atoms with Crippen LogP contribution in [-0.4, -0.2) is 16.1 Å². The van der Waals surface area contributed by atoms with E-state index >= 15 is 0 Å². The van der Waals surface area contributed by atoms with Gasteiger partial charge in [0.1, 0.15) is 0 Å². The Morgan fingerprint density at radius 1 is 1.33 bits per heavy atom. The van der Waals surface area contributed by atoms with E-state index in [9.17, 15) is 0 Å². The smallest absolute Gasteiger partial charge is 0.158 e. The average Bonchev–Trinajstić information content (AvgIpc) is 2.08. The first kappa shape index (κ1) is 8.94. The minimum atomic E-state index is -0.154. The molecule has 0 saturated heterocycles. The van der Waals surface area contributed by atoms with E-state index in [-0.39, 0.29) is 11.5 Å². The van der Waals surface area contributed by atoms with Crippen LogP contribution in [0.5, 0.6) is 11.5 Å². The highest BCUT2D eigenvalue weighted by Gasteiger charge is 2.02. The molecule has 0 heterocycles. The maximum Gasteiger partial charge on any atom is 0.158 e. The normalized spacial score (nSPS) is 9.75. The molecule has 0 spiro atoms. The number of benzene rings is 1. The predicted octanol–water partition coefficient (Wildman–Crippen LogP) is 2.35. The molecule has 2 N–H and O–H groups in total. The van der Waals surface area contributed by atoms with Crippen molar-refractivity contribution in [3.63, 3.8) is 0 Å². The van der Waals surface area contributed by atoms with Crippen molar-refractivity contribution in [2.75, 3.05) is 5.88 Å². The van der Waals surface area contributed by atoms with E-state index in [1.54, 1.807) is 6.07 Å². The second-order valence-corrected chi connectivity index (χ2v) is 2.71. The van der Waals surface area contributed by atoms with Gasteiger partial charge in [-0.25, -0.2) is 0 Å². The number of allylic oxidation sites excluding steroid dienone is 1. The zero-order valence-corrected chi connectivity index (χ0v) is 7.17. The van der Waals surface area contributed by atoms with Gasteiger partial charge >= 0.3 is 0 Å².